The summed E-state index contributed by atoms with van der Waals surface area (Å²) in [7, 11) is -4.50. The molecule has 31 heavy (non-hydrogen) atoms. The van der Waals surface area contributed by atoms with Crippen LogP contribution in [0.3, 0.4) is 0 Å². The Labute approximate surface area is 195 Å². The second-order valence-electron chi connectivity index (χ2n) is 10.5. The monoisotopic (exact) mass is 470 g/mol. The van der Waals surface area contributed by atoms with Crippen LogP contribution in [0.25, 0.3) is 0 Å². The van der Waals surface area contributed by atoms with Gasteiger partial charge in [-0.25, -0.2) is 4.79 Å². The van der Waals surface area contributed by atoms with E-state index in [1.54, 1.807) is 6.08 Å². The molecule has 0 unspecified atom stereocenters. The number of hydrogen-bond donors (Lipinski definition) is 0. The Balaban J connectivity index is 6.36. The third-order valence-corrected chi connectivity index (χ3v) is 18.8. The van der Waals surface area contributed by atoms with Crippen LogP contribution in [0.15, 0.2) is 24.2 Å². The first-order valence-corrected chi connectivity index (χ1v) is 16.3. The lowest BCUT2D eigenvalue weighted by molar-refractivity contribution is -0.141. The second-order valence-corrected chi connectivity index (χ2v) is 21.3. The molecule has 0 atom stereocenters. The van der Waals surface area contributed by atoms with E-state index in [0.717, 1.165) is 0 Å². The summed E-state index contributed by atoms with van der Waals surface area (Å²) in [5.41, 5.74) is 2.28. The van der Waals surface area contributed by atoms with Crippen molar-refractivity contribution in [3.8, 4) is 0 Å². The molecule has 6 heteroatoms. The molecule has 0 aromatic heterocycles. The summed E-state index contributed by atoms with van der Waals surface area (Å²) in [5, 5.41) is 0. The largest absolute Gasteiger partial charge is 0.543 e. The van der Waals surface area contributed by atoms with Crippen molar-refractivity contribution in [2.75, 3.05) is 6.61 Å². The van der Waals surface area contributed by atoms with E-state index in [4.69, 9.17) is 13.6 Å². The second kappa shape index (κ2) is 12.3. The molecule has 0 aliphatic heterocycles. The fraction of sp³-hybridized carbons (Fsp3) is 0.800. The van der Waals surface area contributed by atoms with Gasteiger partial charge in [0.05, 0.1) is 12.4 Å². The molecule has 0 spiro atoms. The molecule has 0 amide bonds. The predicted octanol–water partition coefficient (Wildman–Crippen LogP) is 8.33. The van der Waals surface area contributed by atoms with Crippen LogP contribution in [-0.4, -0.2) is 29.2 Å². The zero-order valence-electron chi connectivity index (χ0n) is 22.6. The number of rotatable bonds is 13. The maximum Gasteiger partial charge on any atom is 0.372 e. The number of ether oxygens (including phenoxy) is 1. The highest BCUT2D eigenvalue weighted by atomic mass is 28.4. The Hall–Kier alpha value is -1.02. The molecule has 0 fully saturated rings. The van der Waals surface area contributed by atoms with Crippen LogP contribution < -0.4 is 0 Å². The van der Waals surface area contributed by atoms with E-state index in [1.807, 2.05) is 6.92 Å². The zero-order valence-corrected chi connectivity index (χ0v) is 24.6. The summed E-state index contributed by atoms with van der Waals surface area (Å²) >= 11 is 0. The lowest BCUT2D eigenvalue weighted by Gasteiger charge is -2.43. The molecule has 0 N–H and O–H groups in total. The molecule has 0 aliphatic carbocycles. The molecule has 0 saturated carbocycles. The maximum atomic E-state index is 12.9. The summed E-state index contributed by atoms with van der Waals surface area (Å²) in [5.74, 6) is 0.316. The van der Waals surface area contributed by atoms with Gasteiger partial charge in [-0.3, -0.25) is 0 Å². The van der Waals surface area contributed by atoms with Crippen LogP contribution in [0.2, 0.25) is 33.2 Å². The minimum Gasteiger partial charge on any atom is -0.543 e. The third kappa shape index (κ3) is 6.73. The van der Waals surface area contributed by atoms with Crippen molar-refractivity contribution in [2.45, 2.75) is 123 Å². The first-order chi connectivity index (χ1) is 14.1. The normalized spacial score (nSPS) is 13.7. The van der Waals surface area contributed by atoms with Gasteiger partial charge in [-0.1, -0.05) is 89.7 Å². The van der Waals surface area contributed by atoms with Crippen molar-refractivity contribution >= 4 is 22.6 Å². The Kier molecular flexibility index (Phi) is 11.9. The van der Waals surface area contributed by atoms with Gasteiger partial charge in [-0.05, 0) is 40.2 Å². The first-order valence-electron chi connectivity index (χ1n) is 12.1. The number of hydrogen-bond acceptors (Lipinski definition) is 4. The SMILES string of the molecule is C=C(/C=C(\O[Si](C(C)C)(C(C)C)C(C)C)C(=O)OCC)O[Si](C(C)C)(C(C)C)C(C)C. The molecule has 182 valence electrons. The minimum absolute atomic E-state index is 0.244. The van der Waals surface area contributed by atoms with Crippen LogP contribution >= 0.6 is 0 Å². The summed E-state index contributed by atoms with van der Waals surface area (Å²) in [6, 6.07) is 0. The van der Waals surface area contributed by atoms with E-state index in [9.17, 15) is 4.79 Å². The number of allylic oxidation sites excluding steroid dienone is 1. The molecule has 0 heterocycles. The van der Waals surface area contributed by atoms with Gasteiger partial charge in [0, 0.05) is 6.08 Å². The van der Waals surface area contributed by atoms with Gasteiger partial charge in [0.15, 0.2) is 5.76 Å². The summed E-state index contributed by atoms with van der Waals surface area (Å²) < 4.78 is 18.7. The van der Waals surface area contributed by atoms with E-state index < -0.39 is 22.6 Å². The van der Waals surface area contributed by atoms with Crippen molar-refractivity contribution in [1.29, 1.82) is 0 Å². The van der Waals surface area contributed by atoms with Crippen molar-refractivity contribution in [3.63, 3.8) is 0 Å². The zero-order chi connectivity index (χ0) is 24.7. The van der Waals surface area contributed by atoms with Gasteiger partial charge in [-0.15, -0.1) is 0 Å². The number of esters is 1. The molecule has 0 aromatic rings. The lowest BCUT2D eigenvalue weighted by Crippen LogP contribution is -2.48. The Morgan fingerprint density at radius 3 is 1.32 bits per heavy atom. The van der Waals surface area contributed by atoms with Crippen LogP contribution in [0, 0.1) is 0 Å². The number of carbonyl (C=O) groups is 1. The summed E-state index contributed by atoms with van der Waals surface area (Å²) in [6.07, 6.45) is 1.70. The molecule has 4 nitrogen and oxygen atoms in total. The molecule has 0 bridgehead atoms. The lowest BCUT2D eigenvalue weighted by atomic mass is 10.4. The van der Waals surface area contributed by atoms with Gasteiger partial charge in [0.2, 0.25) is 0 Å². The van der Waals surface area contributed by atoms with Crippen molar-refractivity contribution < 1.29 is 18.4 Å². The van der Waals surface area contributed by atoms with Crippen LogP contribution in [0.5, 0.6) is 0 Å². The molecule has 0 saturated heterocycles. The maximum absolute atomic E-state index is 12.9. The number of carbonyl (C=O) groups excluding carboxylic acids is 1. The Bertz CT molecular complexity index is 575. The first kappa shape index (κ1) is 30.0. The van der Waals surface area contributed by atoms with Crippen LogP contribution in [-0.2, 0) is 18.4 Å². The third-order valence-electron chi connectivity index (χ3n) is 6.78. The van der Waals surface area contributed by atoms with Crippen molar-refractivity contribution in [2.24, 2.45) is 0 Å². The van der Waals surface area contributed by atoms with E-state index in [-0.39, 0.29) is 5.76 Å². The van der Waals surface area contributed by atoms with Gasteiger partial charge in [0.1, 0.15) is 0 Å². The topological polar surface area (TPSA) is 44.8 Å². The van der Waals surface area contributed by atoms with E-state index in [2.05, 4.69) is 89.7 Å². The fourth-order valence-corrected chi connectivity index (χ4v) is 16.1. The van der Waals surface area contributed by atoms with Gasteiger partial charge in [0.25, 0.3) is 16.6 Å². The van der Waals surface area contributed by atoms with Gasteiger partial charge >= 0.3 is 5.97 Å². The van der Waals surface area contributed by atoms with Gasteiger partial charge in [-0.2, -0.15) is 0 Å². The summed E-state index contributed by atoms with van der Waals surface area (Å²) in [6.45, 7) is 32.9. The van der Waals surface area contributed by atoms with E-state index in [0.29, 0.717) is 45.6 Å². The molecule has 0 rings (SSSR count). The van der Waals surface area contributed by atoms with Crippen LogP contribution in [0.4, 0.5) is 0 Å². The minimum atomic E-state index is -2.33. The molecular weight excluding hydrogens is 420 g/mol. The van der Waals surface area contributed by atoms with E-state index in [1.165, 1.54) is 0 Å². The fourth-order valence-electron chi connectivity index (χ4n) is 5.63. The quantitative estimate of drug-likeness (QED) is 0.0892. The highest BCUT2D eigenvalue weighted by Gasteiger charge is 2.49. The van der Waals surface area contributed by atoms with Gasteiger partial charge < -0.3 is 13.6 Å². The molecule has 0 aliphatic rings. The highest BCUT2D eigenvalue weighted by Crippen LogP contribution is 2.45. The Morgan fingerprint density at radius 2 is 1.03 bits per heavy atom. The van der Waals surface area contributed by atoms with Crippen molar-refractivity contribution in [3.05, 3.63) is 24.2 Å². The van der Waals surface area contributed by atoms with Crippen molar-refractivity contribution in [1.82, 2.24) is 0 Å². The standard InChI is InChI=1S/C25H50O4Si2/c1-15-27-25(26)24(29-31(20(8)9,21(10)11)22(12)13)16-23(14)28-30(17(2)3,18(4)5)19(6)7/h16-22H,14-15H2,1-13H3/b24-16-. The average Bonchev–Trinajstić information content (AvgIpc) is 2.61. The smallest absolute Gasteiger partial charge is 0.372 e. The predicted molar refractivity (Wildman–Crippen MR) is 138 cm³/mol. The van der Waals surface area contributed by atoms with E-state index >= 15 is 0 Å². The highest BCUT2D eigenvalue weighted by molar-refractivity contribution is 6.78. The average molecular weight is 471 g/mol. The summed E-state index contributed by atoms with van der Waals surface area (Å²) in [4.78, 5) is 12.9. The Morgan fingerprint density at radius 1 is 0.710 bits per heavy atom. The molecule has 0 aromatic carbocycles. The van der Waals surface area contributed by atoms with Crippen LogP contribution in [0.1, 0.15) is 90.0 Å². The molecular formula is C25H50O4Si2. The molecule has 0 radical (unpaired) electrons.